The number of ketones is 1. The molecule has 1 heterocycles. The van der Waals surface area contributed by atoms with Crippen LogP contribution in [0.2, 0.25) is 5.82 Å². The number of hydrogen-bond donors (Lipinski definition) is 1. The maximum absolute atomic E-state index is 11.6. The second-order valence-electron chi connectivity index (χ2n) is 10.5. The molecule has 0 radical (unpaired) electrons. The Morgan fingerprint density at radius 1 is 0.914 bits per heavy atom. The van der Waals surface area contributed by atoms with Gasteiger partial charge in [-0.25, -0.2) is 0 Å². The first kappa shape index (κ1) is 35.6. The molecule has 0 atom stereocenters. The highest BCUT2D eigenvalue weighted by atomic mass is 19.4. The van der Waals surface area contributed by atoms with Crippen molar-refractivity contribution < 1.29 is 32.4 Å². The molecule has 0 aliphatic carbocycles. The number of hydrogen-bond acceptors (Lipinski definition) is 4. The van der Waals surface area contributed by atoms with Crippen LogP contribution in [0.4, 0.5) is 13.2 Å². The second kappa shape index (κ2) is 15.5. The number of benzene rings is 1. The van der Waals surface area contributed by atoms with E-state index in [4.69, 9.17) is 14.4 Å². The Balaban J connectivity index is 0. The van der Waals surface area contributed by atoms with E-state index in [2.05, 4.69) is 55.4 Å². The topological polar surface area (TPSA) is 55.8 Å². The van der Waals surface area contributed by atoms with E-state index < -0.39 is 12.0 Å². The molecule has 1 aliphatic rings. The van der Waals surface area contributed by atoms with Gasteiger partial charge in [0.15, 0.2) is 0 Å². The van der Waals surface area contributed by atoms with Gasteiger partial charge in [0.1, 0.15) is 5.75 Å². The van der Waals surface area contributed by atoms with Gasteiger partial charge >= 0.3 is 13.3 Å². The number of carbonyl (C=O) groups excluding carboxylic acids is 1. The van der Waals surface area contributed by atoms with Crippen molar-refractivity contribution in [1.82, 2.24) is 0 Å². The molecule has 1 aliphatic heterocycles. The van der Waals surface area contributed by atoms with Crippen LogP contribution in [-0.4, -0.2) is 35.4 Å². The zero-order chi connectivity index (χ0) is 28.2. The van der Waals surface area contributed by atoms with E-state index in [9.17, 15) is 18.0 Å². The quantitative estimate of drug-likeness (QED) is 0.408. The molecule has 0 bridgehead atoms. The summed E-state index contributed by atoms with van der Waals surface area (Å²) in [5.74, 6) is -0.177. The predicted molar refractivity (Wildman–Crippen MR) is 140 cm³/mol. The first-order valence-corrected chi connectivity index (χ1v) is 12.5. The molecule has 1 N–H and O–H groups in total. The van der Waals surface area contributed by atoms with Crippen LogP contribution in [0, 0.1) is 5.92 Å². The lowest BCUT2D eigenvalue weighted by atomic mass is 9.75. The molecule has 1 aromatic rings. The van der Waals surface area contributed by atoms with Crippen molar-refractivity contribution in [3.8, 4) is 5.75 Å². The highest BCUT2D eigenvalue weighted by molar-refractivity contribution is 6.47. The third-order valence-corrected chi connectivity index (χ3v) is 5.64. The molecular formula is C27H48BF3O4. The van der Waals surface area contributed by atoms with Crippen LogP contribution < -0.4 is 0 Å². The number of carbonyl (C=O) groups is 1. The molecule has 2 rings (SSSR count). The van der Waals surface area contributed by atoms with Gasteiger partial charge in [-0.3, -0.25) is 4.79 Å². The maximum atomic E-state index is 11.6. The highest BCUT2D eigenvalue weighted by Gasteiger charge is 2.51. The summed E-state index contributed by atoms with van der Waals surface area (Å²) in [4.78, 5) is 10.2. The Bertz CT molecular complexity index is 696. The van der Waals surface area contributed by atoms with Crippen molar-refractivity contribution in [3.05, 3.63) is 29.8 Å². The third-order valence-electron chi connectivity index (χ3n) is 5.64. The molecule has 0 unspecified atom stereocenters. The largest absolute Gasteiger partial charge is 0.508 e. The fourth-order valence-corrected chi connectivity index (χ4v) is 2.58. The average molecular weight is 504 g/mol. The minimum Gasteiger partial charge on any atom is -0.508 e. The van der Waals surface area contributed by atoms with Crippen molar-refractivity contribution in [2.45, 2.75) is 125 Å². The Morgan fingerprint density at radius 2 is 1.31 bits per heavy atom. The standard InChI is InChI=1S/C9H19BO2.C9H12O.C7H11F3O.C2H6/c1-7(2)10-11-8(3,4)9(5,6)12-10;1-7(2)8-3-5-9(10)6-4-8;1-5(2)3-4-6(11)7(8,9)10;1-2/h7H,1-6H3;3-7,10H,1-2H3;5H,3-4H2,1-2H3;1-2H3. The van der Waals surface area contributed by atoms with E-state index >= 15 is 0 Å². The lowest BCUT2D eigenvalue weighted by Gasteiger charge is -2.32. The fraction of sp³-hybridized carbons (Fsp3) is 0.741. The second-order valence-corrected chi connectivity index (χ2v) is 10.5. The fourth-order valence-electron chi connectivity index (χ4n) is 2.58. The van der Waals surface area contributed by atoms with Gasteiger partial charge in [-0.2, -0.15) is 13.2 Å². The van der Waals surface area contributed by atoms with E-state index in [1.54, 1.807) is 26.0 Å². The summed E-state index contributed by atoms with van der Waals surface area (Å²) in [7, 11) is -0.0463. The lowest BCUT2D eigenvalue weighted by molar-refractivity contribution is -0.171. The zero-order valence-corrected chi connectivity index (χ0v) is 23.8. The van der Waals surface area contributed by atoms with Gasteiger partial charge in [-0.1, -0.05) is 67.5 Å². The van der Waals surface area contributed by atoms with Crippen LogP contribution in [0.3, 0.4) is 0 Å². The van der Waals surface area contributed by atoms with Gasteiger partial charge in [0.05, 0.1) is 11.2 Å². The Labute approximate surface area is 212 Å². The van der Waals surface area contributed by atoms with Crippen molar-refractivity contribution in [3.63, 3.8) is 0 Å². The minimum atomic E-state index is -4.64. The summed E-state index contributed by atoms with van der Waals surface area (Å²) in [6, 6.07) is 7.32. The minimum absolute atomic E-state index is 0.0463. The molecule has 0 amide bonds. The Morgan fingerprint density at radius 3 is 1.57 bits per heavy atom. The number of phenols is 1. The average Bonchev–Trinajstić information content (AvgIpc) is 2.95. The molecule has 8 heteroatoms. The molecular weight excluding hydrogens is 456 g/mol. The van der Waals surface area contributed by atoms with Gasteiger partial charge in [0.2, 0.25) is 5.78 Å². The number of aromatic hydroxyl groups is 1. The summed E-state index contributed by atoms with van der Waals surface area (Å²) in [5.41, 5.74) is 0.905. The SMILES string of the molecule is CC.CC(C)B1OC(C)(C)C(C)(C)O1.CC(C)CCC(=O)C(F)(F)F.CC(C)c1ccc(O)cc1. The van der Waals surface area contributed by atoms with Gasteiger partial charge in [-0.15, -0.1) is 0 Å². The summed E-state index contributed by atoms with van der Waals surface area (Å²) >= 11 is 0. The van der Waals surface area contributed by atoms with Crippen LogP contribution in [0.25, 0.3) is 0 Å². The van der Waals surface area contributed by atoms with Crippen molar-refractivity contribution >= 4 is 12.9 Å². The third kappa shape index (κ3) is 14.0. The van der Waals surface area contributed by atoms with Crippen LogP contribution >= 0.6 is 0 Å². The molecule has 4 nitrogen and oxygen atoms in total. The summed E-state index contributed by atoms with van der Waals surface area (Å²) < 4.78 is 46.3. The van der Waals surface area contributed by atoms with Gasteiger partial charge in [-0.05, 0) is 69.5 Å². The van der Waals surface area contributed by atoms with Crippen LogP contribution in [0.1, 0.15) is 107 Å². The van der Waals surface area contributed by atoms with E-state index in [1.807, 2.05) is 26.0 Å². The number of phenolic OH excluding ortho intramolecular Hbond substituents is 1. The van der Waals surface area contributed by atoms with E-state index in [-0.39, 0.29) is 30.7 Å². The molecule has 1 aromatic carbocycles. The van der Waals surface area contributed by atoms with Gasteiger partial charge < -0.3 is 14.4 Å². The summed E-state index contributed by atoms with van der Waals surface area (Å²) in [6.45, 7) is 24.4. The van der Waals surface area contributed by atoms with Crippen molar-refractivity contribution in [2.24, 2.45) is 5.92 Å². The van der Waals surface area contributed by atoms with E-state index in [0.717, 1.165) is 0 Å². The van der Waals surface area contributed by atoms with E-state index in [1.165, 1.54) is 5.56 Å². The molecule has 35 heavy (non-hydrogen) atoms. The van der Waals surface area contributed by atoms with Crippen molar-refractivity contribution in [2.75, 3.05) is 0 Å². The van der Waals surface area contributed by atoms with Crippen LogP contribution in [0.15, 0.2) is 24.3 Å². The van der Waals surface area contributed by atoms with Crippen LogP contribution in [-0.2, 0) is 14.1 Å². The number of alkyl halides is 3. The summed E-state index contributed by atoms with van der Waals surface area (Å²) in [5, 5.41) is 8.94. The zero-order valence-electron chi connectivity index (χ0n) is 23.8. The molecule has 0 spiro atoms. The molecule has 1 saturated heterocycles. The lowest BCUT2D eigenvalue weighted by Crippen LogP contribution is -2.41. The monoisotopic (exact) mass is 504 g/mol. The number of halogens is 3. The predicted octanol–water partition coefficient (Wildman–Crippen LogP) is 8.58. The number of rotatable bonds is 5. The van der Waals surface area contributed by atoms with E-state index in [0.29, 0.717) is 23.9 Å². The number of Topliss-reactive ketones (excluding diaryl/α,β-unsaturated/α-hetero) is 1. The summed E-state index contributed by atoms with van der Waals surface area (Å²) in [6.07, 6.45) is -4.73. The molecule has 1 fully saturated rings. The maximum Gasteiger partial charge on any atom is 0.460 e. The van der Waals surface area contributed by atoms with Gasteiger partial charge in [0.25, 0.3) is 0 Å². The van der Waals surface area contributed by atoms with Gasteiger partial charge in [0, 0.05) is 6.42 Å². The van der Waals surface area contributed by atoms with Crippen molar-refractivity contribution in [1.29, 1.82) is 0 Å². The molecule has 0 saturated carbocycles. The normalized spacial score (nSPS) is 16.1. The molecule has 204 valence electrons. The Hall–Kier alpha value is -1.54. The first-order chi connectivity index (χ1) is 15.8. The van der Waals surface area contributed by atoms with Crippen LogP contribution in [0.5, 0.6) is 5.75 Å². The molecule has 0 aromatic heterocycles. The first-order valence-electron chi connectivity index (χ1n) is 12.5. The highest BCUT2D eigenvalue weighted by Crippen LogP contribution is 2.39. The smallest absolute Gasteiger partial charge is 0.460 e. The Kier molecular flexibility index (Phi) is 15.8.